The van der Waals surface area contributed by atoms with Gasteiger partial charge in [-0.05, 0) is 62.9 Å². The molecule has 182 valence electrons. The quantitative estimate of drug-likeness (QED) is 0.272. The number of aryl methyl sites for hydroxylation is 1. The number of hydrogen-bond acceptors (Lipinski definition) is 4. The van der Waals surface area contributed by atoms with E-state index >= 15 is 0 Å². The van der Waals surface area contributed by atoms with E-state index < -0.39 is 0 Å². The molecule has 0 amide bonds. The summed E-state index contributed by atoms with van der Waals surface area (Å²) in [7, 11) is 3.50. The molecular weight excluding hydrogens is 529 g/mol. The first kappa shape index (κ1) is 27.2. The van der Waals surface area contributed by atoms with E-state index in [0.717, 1.165) is 55.6 Å². The number of nitrogens with zero attached hydrogens (tertiary/aromatic N) is 1. The van der Waals surface area contributed by atoms with E-state index in [2.05, 4.69) is 52.9 Å². The van der Waals surface area contributed by atoms with Crippen molar-refractivity contribution in [3.05, 3.63) is 59.2 Å². The summed E-state index contributed by atoms with van der Waals surface area (Å²) in [5.74, 6) is 2.57. The predicted octanol–water partition coefficient (Wildman–Crippen LogP) is 4.82. The molecule has 1 aliphatic rings. The first-order chi connectivity index (χ1) is 15.5. The van der Waals surface area contributed by atoms with Crippen LogP contribution in [0.5, 0.6) is 11.5 Å². The monoisotopic (exact) mass is 567 g/mol. The fourth-order valence-corrected chi connectivity index (χ4v) is 4.10. The number of rotatable bonds is 8. The van der Waals surface area contributed by atoms with Gasteiger partial charge in [0, 0.05) is 44.3 Å². The number of aliphatic imine (C=N–C) groups is 1. The van der Waals surface area contributed by atoms with Crippen LogP contribution in [0.2, 0.25) is 0 Å². The molecule has 0 unspecified atom stereocenters. The van der Waals surface area contributed by atoms with Crippen LogP contribution >= 0.6 is 24.0 Å². The van der Waals surface area contributed by atoms with Gasteiger partial charge in [-0.15, -0.1) is 24.0 Å². The van der Waals surface area contributed by atoms with E-state index in [1.165, 1.54) is 11.1 Å². The summed E-state index contributed by atoms with van der Waals surface area (Å²) in [6.07, 6.45) is 2.06. The Morgan fingerprint density at radius 2 is 1.79 bits per heavy atom. The van der Waals surface area contributed by atoms with Crippen molar-refractivity contribution < 1.29 is 14.2 Å². The normalized spacial score (nSPS) is 15.5. The van der Waals surface area contributed by atoms with Crippen molar-refractivity contribution in [2.45, 2.75) is 51.7 Å². The molecule has 2 N–H and O–H groups in total. The van der Waals surface area contributed by atoms with Gasteiger partial charge in [0.25, 0.3) is 0 Å². The number of halogens is 1. The highest BCUT2D eigenvalue weighted by Gasteiger charge is 2.34. The van der Waals surface area contributed by atoms with Gasteiger partial charge in [-0.1, -0.05) is 24.3 Å². The van der Waals surface area contributed by atoms with E-state index in [-0.39, 0.29) is 35.5 Å². The maximum Gasteiger partial charge on any atom is 0.191 e. The Kier molecular flexibility index (Phi) is 10.8. The highest BCUT2D eigenvalue weighted by Crippen LogP contribution is 2.35. The van der Waals surface area contributed by atoms with Gasteiger partial charge in [-0.3, -0.25) is 4.99 Å². The second-order valence-electron chi connectivity index (χ2n) is 8.68. The van der Waals surface area contributed by atoms with Gasteiger partial charge in [0.2, 0.25) is 0 Å². The summed E-state index contributed by atoms with van der Waals surface area (Å²) in [5.41, 5.74) is 3.60. The number of hydrogen-bond donors (Lipinski definition) is 2. The molecule has 2 aromatic carbocycles. The number of nitrogens with one attached hydrogen (secondary N) is 2. The zero-order chi connectivity index (χ0) is 23.0. The number of guanidine groups is 1. The minimum atomic E-state index is -0.00207. The lowest BCUT2D eigenvalue weighted by molar-refractivity contribution is 0.0513. The Balaban J connectivity index is 0.00000385. The number of benzene rings is 2. The van der Waals surface area contributed by atoms with Crippen LogP contribution in [-0.2, 0) is 16.7 Å². The molecule has 0 aliphatic carbocycles. The Bertz CT molecular complexity index is 894. The van der Waals surface area contributed by atoms with E-state index in [1.54, 1.807) is 14.2 Å². The molecule has 1 fully saturated rings. The van der Waals surface area contributed by atoms with Gasteiger partial charge in [-0.2, -0.15) is 0 Å². The molecule has 7 heteroatoms. The van der Waals surface area contributed by atoms with Crippen LogP contribution in [0.4, 0.5) is 0 Å². The highest BCUT2D eigenvalue weighted by molar-refractivity contribution is 14.0. The van der Waals surface area contributed by atoms with Crippen LogP contribution in [0, 0.1) is 6.92 Å². The molecule has 33 heavy (non-hydrogen) atoms. The highest BCUT2D eigenvalue weighted by atomic mass is 127. The van der Waals surface area contributed by atoms with Crippen LogP contribution in [-0.4, -0.2) is 46.0 Å². The molecule has 2 aromatic rings. The van der Waals surface area contributed by atoms with Crippen molar-refractivity contribution in [2.24, 2.45) is 4.99 Å². The van der Waals surface area contributed by atoms with Crippen molar-refractivity contribution in [1.29, 1.82) is 0 Å². The molecule has 1 heterocycles. The summed E-state index contributed by atoms with van der Waals surface area (Å²) in [4.78, 5) is 4.45. The smallest absolute Gasteiger partial charge is 0.191 e. The third-order valence-corrected chi connectivity index (χ3v) is 6.00. The fraction of sp³-hybridized carbons (Fsp3) is 0.500. The summed E-state index contributed by atoms with van der Waals surface area (Å²) in [6.45, 7) is 9.13. The summed E-state index contributed by atoms with van der Waals surface area (Å²) in [5, 5.41) is 7.01. The Morgan fingerprint density at radius 1 is 1.09 bits per heavy atom. The average molecular weight is 568 g/mol. The molecule has 3 rings (SSSR count). The Hall–Kier alpha value is -2.00. The lowest BCUT2D eigenvalue weighted by Crippen LogP contribution is -2.47. The molecule has 0 saturated carbocycles. The van der Waals surface area contributed by atoms with Crippen LogP contribution in [0.3, 0.4) is 0 Å². The second kappa shape index (κ2) is 13.0. The van der Waals surface area contributed by atoms with Crippen molar-refractivity contribution in [1.82, 2.24) is 10.6 Å². The van der Waals surface area contributed by atoms with E-state index in [9.17, 15) is 0 Å². The van der Waals surface area contributed by atoms with E-state index in [0.29, 0.717) is 6.54 Å². The summed E-state index contributed by atoms with van der Waals surface area (Å²) >= 11 is 0. The average Bonchev–Trinajstić information content (AvgIpc) is 2.80. The first-order valence-electron chi connectivity index (χ1n) is 11.4. The second-order valence-corrected chi connectivity index (χ2v) is 8.68. The molecule has 0 radical (unpaired) electrons. The van der Waals surface area contributed by atoms with Crippen molar-refractivity contribution in [2.75, 3.05) is 33.9 Å². The largest absolute Gasteiger partial charge is 0.497 e. The van der Waals surface area contributed by atoms with Crippen molar-refractivity contribution in [3.8, 4) is 11.5 Å². The topological polar surface area (TPSA) is 64.1 Å². The van der Waals surface area contributed by atoms with Gasteiger partial charge in [0.15, 0.2) is 5.96 Å². The van der Waals surface area contributed by atoms with Gasteiger partial charge in [0.1, 0.15) is 11.5 Å². The third-order valence-electron chi connectivity index (χ3n) is 6.00. The maximum atomic E-state index is 6.02. The fourth-order valence-electron chi connectivity index (χ4n) is 4.10. The SMILES string of the molecule is CN=C(NCc1ccc(C)cc1OC(C)C)NCC1(c2ccc(OC)cc2)CCOCC1.I. The first-order valence-corrected chi connectivity index (χ1v) is 11.4. The molecule has 1 aliphatic heterocycles. The zero-order valence-corrected chi connectivity index (χ0v) is 22.8. The Morgan fingerprint density at radius 3 is 2.39 bits per heavy atom. The summed E-state index contributed by atoms with van der Waals surface area (Å²) < 4.78 is 17.0. The maximum absolute atomic E-state index is 6.02. The van der Waals surface area contributed by atoms with Crippen molar-refractivity contribution in [3.63, 3.8) is 0 Å². The molecule has 0 atom stereocenters. The molecular formula is C26H38IN3O3. The minimum absolute atomic E-state index is 0. The lowest BCUT2D eigenvalue weighted by atomic mass is 9.74. The van der Waals surface area contributed by atoms with Gasteiger partial charge < -0.3 is 24.8 Å². The van der Waals surface area contributed by atoms with Crippen molar-refractivity contribution >= 4 is 29.9 Å². The Labute approximate surface area is 215 Å². The van der Waals surface area contributed by atoms with Crippen LogP contribution in [0.1, 0.15) is 43.4 Å². The summed E-state index contributed by atoms with van der Waals surface area (Å²) in [6, 6.07) is 14.7. The van der Waals surface area contributed by atoms with Gasteiger partial charge >= 0.3 is 0 Å². The zero-order valence-electron chi connectivity index (χ0n) is 20.4. The molecule has 6 nitrogen and oxygen atoms in total. The van der Waals surface area contributed by atoms with Gasteiger partial charge in [-0.25, -0.2) is 0 Å². The van der Waals surface area contributed by atoms with Crippen LogP contribution < -0.4 is 20.1 Å². The standard InChI is InChI=1S/C26H37N3O3.HI/c1-19(2)32-24-16-20(3)6-7-21(24)17-28-25(27-4)29-18-26(12-14-31-15-13-26)22-8-10-23(30-5)11-9-22;/h6-11,16,19H,12-15,17-18H2,1-5H3,(H2,27,28,29);1H. The number of ether oxygens (including phenoxy) is 3. The molecule has 0 aromatic heterocycles. The molecule has 0 spiro atoms. The molecule has 0 bridgehead atoms. The van der Waals surface area contributed by atoms with E-state index in [1.807, 2.05) is 26.0 Å². The predicted molar refractivity (Wildman–Crippen MR) is 145 cm³/mol. The third kappa shape index (κ3) is 7.50. The van der Waals surface area contributed by atoms with Crippen LogP contribution in [0.15, 0.2) is 47.5 Å². The molecule has 1 saturated heterocycles. The lowest BCUT2D eigenvalue weighted by Gasteiger charge is -2.38. The van der Waals surface area contributed by atoms with E-state index in [4.69, 9.17) is 14.2 Å². The number of methoxy groups -OCH3 is 1. The van der Waals surface area contributed by atoms with Gasteiger partial charge in [0.05, 0.1) is 13.2 Å². The van der Waals surface area contributed by atoms with Crippen LogP contribution in [0.25, 0.3) is 0 Å². The minimum Gasteiger partial charge on any atom is -0.497 e.